The first kappa shape index (κ1) is 13.7. The Labute approximate surface area is 116 Å². The largest absolute Gasteiger partial charge is 0.464 e. The lowest BCUT2D eigenvalue weighted by Gasteiger charge is -2.03. The number of benzene rings is 1. The van der Waals surface area contributed by atoms with Crippen molar-refractivity contribution >= 4 is 17.3 Å². The molecule has 0 aliphatic rings. The average molecular weight is 277 g/mol. The number of methoxy groups -OCH3 is 2. The van der Waals surface area contributed by atoms with Crippen LogP contribution in [0, 0.1) is 0 Å². The maximum atomic E-state index is 11.8. The molecule has 0 spiro atoms. The zero-order chi connectivity index (χ0) is 13.8. The summed E-state index contributed by atoms with van der Waals surface area (Å²) in [4.78, 5) is 17.0. The molecule has 0 radical (unpaired) electrons. The van der Waals surface area contributed by atoms with Crippen molar-refractivity contribution in [3.63, 3.8) is 0 Å². The molecule has 19 heavy (non-hydrogen) atoms. The van der Waals surface area contributed by atoms with Crippen LogP contribution in [0.25, 0.3) is 10.4 Å². The predicted octanol–water partition coefficient (Wildman–Crippen LogP) is 3.30. The van der Waals surface area contributed by atoms with Crippen LogP contribution in [0.3, 0.4) is 0 Å². The Kier molecular flexibility index (Phi) is 4.29. The van der Waals surface area contributed by atoms with Gasteiger partial charge in [0, 0.05) is 7.11 Å². The average Bonchev–Trinajstić information content (AvgIpc) is 2.91. The van der Waals surface area contributed by atoms with Crippen LogP contribution in [-0.4, -0.2) is 25.2 Å². The third kappa shape index (κ3) is 2.83. The Bertz CT molecular complexity index is 565. The number of esters is 1. The first-order valence-corrected chi connectivity index (χ1v) is 6.66. The van der Waals surface area contributed by atoms with Crippen molar-refractivity contribution in [2.24, 2.45) is 0 Å². The summed E-state index contributed by atoms with van der Waals surface area (Å²) < 4.78 is 10.0. The minimum absolute atomic E-state index is 0.147. The molecule has 0 saturated heterocycles. The smallest absolute Gasteiger partial charge is 0.358 e. The Balaban J connectivity index is 2.52. The molecule has 4 nitrogen and oxygen atoms in total. The second kappa shape index (κ2) is 5.95. The minimum atomic E-state index is -0.426. The van der Waals surface area contributed by atoms with Crippen LogP contribution in [0.4, 0.5) is 0 Å². The molecule has 1 heterocycles. The summed E-state index contributed by atoms with van der Waals surface area (Å²) in [5.74, 6) is -0.426. The van der Waals surface area contributed by atoms with E-state index in [0.29, 0.717) is 5.69 Å². The lowest BCUT2D eigenvalue weighted by Crippen LogP contribution is -2.04. The van der Waals surface area contributed by atoms with Crippen molar-refractivity contribution < 1.29 is 14.3 Å². The third-order valence-corrected chi connectivity index (χ3v) is 4.03. The van der Waals surface area contributed by atoms with Crippen molar-refractivity contribution in [1.29, 1.82) is 0 Å². The van der Waals surface area contributed by atoms with Gasteiger partial charge in [-0.1, -0.05) is 30.3 Å². The molecule has 0 amide bonds. The summed E-state index contributed by atoms with van der Waals surface area (Å²) in [6, 6.07) is 9.68. The number of hydrogen-bond donors (Lipinski definition) is 0. The fourth-order valence-corrected chi connectivity index (χ4v) is 2.72. The van der Waals surface area contributed by atoms with Crippen molar-refractivity contribution in [3.8, 4) is 10.4 Å². The van der Waals surface area contributed by atoms with E-state index in [4.69, 9.17) is 9.47 Å². The lowest BCUT2D eigenvalue weighted by atomic mass is 10.1. The van der Waals surface area contributed by atoms with E-state index in [0.717, 1.165) is 15.4 Å². The molecule has 2 rings (SSSR count). The van der Waals surface area contributed by atoms with Crippen LogP contribution >= 0.6 is 11.3 Å². The number of ether oxygens (including phenoxy) is 2. The highest BCUT2D eigenvalue weighted by Crippen LogP contribution is 2.34. The molecule has 0 aliphatic carbocycles. The maximum Gasteiger partial charge on any atom is 0.358 e. The zero-order valence-corrected chi connectivity index (χ0v) is 11.9. The van der Waals surface area contributed by atoms with E-state index in [1.54, 1.807) is 7.11 Å². The second-order valence-corrected chi connectivity index (χ2v) is 5.00. The summed E-state index contributed by atoms with van der Waals surface area (Å²) in [5, 5.41) is 0.766. The van der Waals surface area contributed by atoms with Crippen LogP contribution in [-0.2, 0) is 9.47 Å². The van der Waals surface area contributed by atoms with E-state index in [1.165, 1.54) is 18.4 Å². The molecule has 0 unspecified atom stereocenters. The zero-order valence-electron chi connectivity index (χ0n) is 11.0. The van der Waals surface area contributed by atoms with Crippen LogP contribution in [0.15, 0.2) is 30.3 Å². The number of aromatic nitrogens is 1. The quantitative estimate of drug-likeness (QED) is 0.804. The summed E-state index contributed by atoms with van der Waals surface area (Å²) in [6.07, 6.45) is -0.147. The Hall–Kier alpha value is -1.72. The maximum absolute atomic E-state index is 11.8. The molecule has 2 aromatic rings. The van der Waals surface area contributed by atoms with Gasteiger partial charge in [0.1, 0.15) is 11.1 Å². The molecule has 100 valence electrons. The van der Waals surface area contributed by atoms with E-state index in [9.17, 15) is 4.79 Å². The molecule has 1 atom stereocenters. The van der Waals surface area contributed by atoms with Gasteiger partial charge in [-0.15, -0.1) is 11.3 Å². The number of thiazole rings is 1. The molecule has 0 bridgehead atoms. The van der Waals surface area contributed by atoms with Crippen LogP contribution in [0.1, 0.15) is 28.5 Å². The summed E-state index contributed by atoms with van der Waals surface area (Å²) in [5.41, 5.74) is 1.30. The van der Waals surface area contributed by atoms with Crippen LogP contribution in [0.5, 0.6) is 0 Å². The highest BCUT2D eigenvalue weighted by molar-refractivity contribution is 7.15. The Morgan fingerprint density at radius 2 is 1.95 bits per heavy atom. The van der Waals surface area contributed by atoms with Gasteiger partial charge in [-0.3, -0.25) is 0 Å². The molecule has 5 heteroatoms. The van der Waals surface area contributed by atoms with Gasteiger partial charge >= 0.3 is 5.97 Å². The Morgan fingerprint density at radius 1 is 1.26 bits per heavy atom. The van der Waals surface area contributed by atoms with Gasteiger partial charge in [-0.05, 0) is 12.5 Å². The number of nitrogens with zero attached hydrogens (tertiary/aromatic N) is 1. The second-order valence-electron chi connectivity index (χ2n) is 3.97. The molecule has 1 aromatic carbocycles. The van der Waals surface area contributed by atoms with Crippen molar-refractivity contribution in [3.05, 3.63) is 41.0 Å². The first-order chi connectivity index (χ1) is 9.17. The monoisotopic (exact) mass is 277 g/mol. The lowest BCUT2D eigenvalue weighted by molar-refractivity contribution is 0.0594. The molecule has 0 aliphatic heterocycles. The summed E-state index contributed by atoms with van der Waals surface area (Å²) in [6.45, 7) is 1.90. The van der Waals surface area contributed by atoms with Gasteiger partial charge in [0.15, 0.2) is 5.69 Å². The van der Waals surface area contributed by atoms with Crippen molar-refractivity contribution in [2.75, 3.05) is 14.2 Å². The van der Waals surface area contributed by atoms with E-state index in [2.05, 4.69) is 4.98 Å². The molecular formula is C14H15NO3S. The topological polar surface area (TPSA) is 48.4 Å². The van der Waals surface area contributed by atoms with E-state index in [-0.39, 0.29) is 6.10 Å². The number of carbonyl (C=O) groups excluding carboxylic acids is 1. The molecular weight excluding hydrogens is 262 g/mol. The van der Waals surface area contributed by atoms with E-state index >= 15 is 0 Å². The fraction of sp³-hybridized carbons (Fsp3) is 0.286. The predicted molar refractivity (Wildman–Crippen MR) is 74.3 cm³/mol. The summed E-state index contributed by atoms with van der Waals surface area (Å²) in [7, 11) is 2.97. The van der Waals surface area contributed by atoms with Gasteiger partial charge in [0.25, 0.3) is 0 Å². The van der Waals surface area contributed by atoms with E-state index < -0.39 is 5.97 Å². The number of hydrogen-bond acceptors (Lipinski definition) is 5. The summed E-state index contributed by atoms with van der Waals surface area (Å²) >= 11 is 1.45. The van der Waals surface area contributed by atoms with Gasteiger partial charge in [0.2, 0.25) is 0 Å². The van der Waals surface area contributed by atoms with Gasteiger partial charge in [0.05, 0.1) is 12.0 Å². The molecule has 0 saturated carbocycles. The normalized spacial score (nSPS) is 12.2. The Morgan fingerprint density at radius 3 is 2.53 bits per heavy atom. The first-order valence-electron chi connectivity index (χ1n) is 5.84. The SMILES string of the molecule is COC(=O)c1nc([C@H](C)OC)sc1-c1ccccc1. The van der Waals surface area contributed by atoms with Gasteiger partial charge in [-0.25, -0.2) is 9.78 Å². The van der Waals surface area contributed by atoms with Gasteiger partial charge < -0.3 is 9.47 Å². The van der Waals surface area contributed by atoms with Crippen molar-refractivity contribution in [1.82, 2.24) is 4.98 Å². The minimum Gasteiger partial charge on any atom is -0.464 e. The van der Waals surface area contributed by atoms with Crippen molar-refractivity contribution in [2.45, 2.75) is 13.0 Å². The highest BCUT2D eigenvalue weighted by Gasteiger charge is 2.22. The molecule has 0 N–H and O–H groups in total. The van der Waals surface area contributed by atoms with E-state index in [1.807, 2.05) is 37.3 Å². The number of rotatable bonds is 4. The molecule has 0 fully saturated rings. The highest BCUT2D eigenvalue weighted by atomic mass is 32.1. The third-order valence-electron chi connectivity index (χ3n) is 2.76. The van der Waals surface area contributed by atoms with Crippen LogP contribution in [0.2, 0.25) is 0 Å². The number of carbonyl (C=O) groups is 1. The fourth-order valence-electron chi connectivity index (χ4n) is 1.63. The standard InChI is InChI=1S/C14H15NO3S/c1-9(17-2)13-15-11(14(16)18-3)12(19-13)10-7-5-4-6-8-10/h4-9H,1-3H3/t9-/m0/s1. The van der Waals surface area contributed by atoms with Crippen LogP contribution < -0.4 is 0 Å². The van der Waals surface area contributed by atoms with Gasteiger partial charge in [-0.2, -0.15) is 0 Å². The molecule has 1 aromatic heterocycles.